The van der Waals surface area contributed by atoms with Gasteiger partial charge in [0.2, 0.25) is 5.91 Å². The molecule has 1 heterocycles. The SMILES string of the molecule is C#CCn1c(CNC(=O)CCC)nc2ccccc21. The van der Waals surface area contributed by atoms with Gasteiger partial charge in [-0.15, -0.1) is 6.42 Å². The Morgan fingerprint density at radius 3 is 3.00 bits per heavy atom. The van der Waals surface area contributed by atoms with E-state index in [4.69, 9.17) is 6.42 Å². The molecular formula is C15H17N3O. The lowest BCUT2D eigenvalue weighted by atomic mass is 10.3. The third-order valence-electron chi connectivity index (χ3n) is 2.90. The second kappa shape index (κ2) is 6.05. The molecule has 2 rings (SSSR count). The Hall–Kier alpha value is -2.28. The van der Waals surface area contributed by atoms with E-state index in [1.165, 1.54) is 0 Å². The van der Waals surface area contributed by atoms with Crippen molar-refractivity contribution in [1.82, 2.24) is 14.9 Å². The van der Waals surface area contributed by atoms with Crippen LogP contribution in [0.25, 0.3) is 11.0 Å². The molecule has 1 N–H and O–H groups in total. The van der Waals surface area contributed by atoms with Gasteiger partial charge in [-0.3, -0.25) is 4.79 Å². The molecule has 2 aromatic rings. The fourth-order valence-electron chi connectivity index (χ4n) is 2.02. The summed E-state index contributed by atoms with van der Waals surface area (Å²) >= 11 is 0. The maximum atomic E-state index is 11.5. The Bertz CT molecular complexity index is 622. The molecule has 0 aliphatic rings. The zero-order valence-electron chi connectivity index (χ0n) is 11.0. The van der Waals surface area contributed by atoms with Gasteiger partial charge in [-0.05, 0) is 18.6 Å². The largest absolute Gasteiger partial charge is 0.349 e. The number of imidazole rings is 1. The van der Waals surface area contributed by atoms with E-state index in [0.29, 0.717) is 19.5 Å². The van der Waals surface area contributed by atoms with Gasteiger partial charge in [0.05, 0.1) is 24.1 Å². The second-order valence-electron chi connectivity index (χ2n) is 4.33. The first-order chi connectivity index (χ1) is 9.26. The molecule has 0 atom stereocenters. The maximum Gasteiger partial charge on any atom is 0.220 e. The Kier molecular flexibility index (Phi) is 4.19. The quantitative estimate of drug-likeness (QED) is 0.832. The molecule has 0 unspecified atom stereocenters. The predicted octanol–water partition coefficient (Wildman–Crippen LogP) is 2.09. The number of benzene rings is 1. The highest BCUT2D eigenvalue weighted by Gasteiger charge is 2.10. The third kappa shape index (κ3) is 2.94. The number of para-hydroxylation sites is 2. The molecule has 0 radical (unpaired) electrons. The standard InChI is InChI=1S/C15H17N3O/c1-3-7-15(19)16-11-14-17-12-8-5-6-9-13(12)18(14)10-4-2/h2,5-6,8-9H,3,7,10-11H2,1H3,(H,16,19). The van der Waals surface area contributed by atoms with Crippen molar-refractivity contribution in [2.24, 2.45) is 0 Å². The van der Waals surface area contributed by atoms with Crippen molar-refractivity contribution in [3.05, 3.63) is 30.1 Å². The number of rotatable bonds is 5. The molecule has 4 nitrogen and oxygen atoms in total. The van der Waals surface area contributed by atoms with Gasteiger partial charge in [-0.1, -0.05) is 25.0 Å². The minimum atomic E-state index is 0.0433. The van der Waals surface area contributed by atoms with Crippen LogP contribution in [0.1, 0.15) is 25.6 Å². The third-order valence-corrected chi connectivity index (χ3v) is 2.90. The highest BCUT2D eigenvalue weighted by molar-refractivity contribution is 5.77. The van der Waals surface area contributed by atoms with E-state index >= 15 is 0 Å². The summed E-state index contributed by atoms with van der Waals surface area (Å²) in [5.74, 6) is 3.46. The van der Waals surface area contributed by atoms with E-state index in [0.717, 1.165) is 23.3 Å². The molecule has 1 amide bonds. The van der Waals surface area contributed by atoms with Gasteiger partial charge < -0.3 is 9.88 Å². The van der Waals surface area contributed by atoms with Crippen LogP contribution in [0.2, 0.25) is 0 Å². The number of terminal acetylenes is 1. The van der Waals surface area contributed by atoms with E-state index in [2.05, 4.69) is 16.2 Å². The van der Waals surface area contributed by atoms with E-state index in [1.54, 1.807) is 0 Å². The van der Waals surface area contributed by atoms with Crippen LogP contribution in [0.5, 0.6) is 0 Å². The Morgan fingerprint density at radius 1 is 1.47 bits per heavy atom. The topological polar surface area (TPSA) is 46.9 Å². The van der Waals surface area contributed by atoms with Gasteiger partial charge in [0.25, 0.3) is 0 Å². The van der Waals surface area contributed by atoms with Crippen molar-refractivity contribution in [2.45, 2.75) is 32.9 Å². The molecule has 0 spiro atoms. The van der Waals surface area contributed by atoms with Crippen molar-refractivity contribution >= 4 is 16.9 Å². The van der Waals surface area contributed by atoms with Crippen molar-refractivity contribution in [1.29, 1.82) is 0 Å². The van der Waals surface area contributed by atoms with E-state index in [9.17, 15) is 4.79 Å². The molecule has 0 bridgehead atoms. The molecule has 0 aliphatic carbocycles. The molecule has 98 valence electrons. The fourth-order valence-corrected chi connectivity index (χ4v) is 2.02. The molecule has 19 heavy (non-hydrogen) atoms. The number of hydrogen-bond acceptors (Lipinski definition) is 2. The fraction of sp³-hybridized carbons (Fsp3) is 0.333. The molecule has 1 aromatic heterocycles. The number of hydrogen-bond donors (Lipinski definition) is 1. The molecule has 4 heteroatoms. The number of carbonyl (C=O) groups excluding carboxylic acids is 1. The first-order valence-electron chi connectivity index (χ1n) is 6.40. The summed E-state index contributed by atoms with van der Waals surface area (Å²) in [6.45, 7) is 2.85. The molecule has 0 saturated heterocycles. The number of aromatic nitrogens is 2. The zero-order chi connectivity index (χ0) is 13.7. The van der Waals surface area contributed by atoms with Crippen LogP contribution in [-0.4, -0.2) is 15.5 Å². The van der Waals surface area contributed by atoms with E-state index in [-0.39, 0.29) is 5.91 Å². The van der Waals surface area contributed by atoms with Crippen LogP contribution in [0.4, 0.5) is 0 Å². The number of nitrogens with one attached hydrogen (secondary N) is 1. The van der Waals surface area contributed by atoms with Gasteiger partial charge in [-0.2, -0.15) is 0 Å². The summed E-state index contributed by atoms with van der Waals surface area (Å²) in [6.07, 6.45) is 6.77. The van der Waals surface area contributed by atoms with Crippen LogP contribution in [-0.2, 0) is 17.9 Å². The molecule has 1 aromatic carbocycles. The summed E-state index contributed by atoms with van der Waals surface area (Å²) in [7, 11) is 0. The lowest BCUT2D eigenvalue weighted by Crippen LogP contribution is -2.24. The lowest BCUT2D eigenvalue weighted by Gasteiger charge is -2.06. The number of fused-ring (bicyclic) bond motifs is 1. The van der Waals surface area contributed by atoms with Gasteiger partial charge in [0.15, 0.2) is 0 Å². The molecular weight excluding hydrogens is 238 g/mol. The predicted molar refractivity (Wildman–Crippen MR) is 75.3 cm³/mol. The van der Waals surface area contributed by atoms with Gasteiger partial charge >= 0.3 is 0 Å². The summed E-state index contributed by atoms with van der Waals surface area (Å²) in [6, 6.07) is 7.82. The lowest BCUT2D eigenvalue weighted by molar-refractivity contribution is -0.121. The molecule has 0 fully saturated rings. The van der Waals surface area contributed by atoms with Crippen LogP contribution in [0.3, 0.4) is 0 Å². The monoisotopic (exact) mass is 255 g/mol. The number of carbonyl (C=O) groups is 1. The van der Waals surface area contributed by atoms with Crippen LogP contribution < -0.4 is 5.32 Å². The average Bonchev–Trinajstić information content (AvgIpc) is 2.76. The Labute approximate surface area is 112 Å². The second-order valence-corrected chi connectivity index (χ2v) is 4.33. The highest BCUT2D eigenvalue weighted by atomic mass is 16.1. The van der Waals surface area contributed by atoms with Crippen molar-refractivity contribution in [2.75, 3.05) is 0 Å². The Morgan fingerprint density at radius 2 is 2.26 bits per heavy atom. The van der Waals surface area contributed by atoms with E-state index in [1.807, 2.05) is 35.8 Å². The smallest absolute Gasteiger partial charge is 0.220 e. The van der Waals surface area contributed by atoms with Crippen molar-refractivity contribution in [3.8, 4) is 12.3 Å². The molecule has 0 saturated carbocycles. The van der Waals surface area contributed by atoms with Gasteiger partial charge in [0, 0.05) is 6.42 Å². The summed E-state index contributed by atoms with van der Waals surface area (Å²) in [5.41, 5.74) is 1.90. The Balaban J connectivity index is 2.24. The maximum absolute atomic E-state index is 11.5. The van der Waals surface area contributed by atoms with Crippen LogP contribution in [0.15, 0.2) is 24.3 Å². The number of nitrogens with zero attached hydrogens (tertiary/aromatic N) is 2. The summed E-state index contributed by atoms with van der Waals surface area (Å²) < 4.78 is 1.96. The first kappa shape index (κ1) is 13.2. The van der Waals surface area contributed by atoms with Crippen LogP contribution in [0, 0.1) is 12.3 Å². The highest BCUT2D eigenvalue weighted by Crippen LogP contribution is 2.15. The van der Waals surface area contributed by atoms with Crippen molar-refractivity contribution < 1.29 is 4.79 Å². The normalized spacial score (nSPS) is 10.3. The average molecular weight is 255 g/mol. The minimum absolute atomic E-state index is 0.0433. The van der Waals surface area contributed by atoms with Crippen LogP contribution >= 0.6 is 0 Å². The first-order valence-corrected chi connectivity index (χ1v) is 6.40. The van der Waals surface area contributed by atoms with Gasteiger partial charge in [-0.25, -0.2) is 4.98 Å². The zero-order valence-corrected chi connectivity index (χ0v) is 11.0. The number of amides is 1. The van der Waals surface area contributed by atoms with Crippen molar-refractivity contribution in [3.63, 3.8) is 0 Å². The van der Waals surface area contributed by atoms with Gasteiger partial charge in [0.1, 0.15) is 5.82 Å². The van der Waals surface area contributed by atoms with E-state index < -0.39 is 0 Å². The molecule has 0 aliphatic heterocycles. The minimum Gasteiger partial charge on any atom is -0.349 e. The summed E-state index contributed by atoms with van der Waals surface area (Å²) in [5, 5.41) is 2.87. The summed E-state index contributed by atoms with van der Waals surface area (Å²) in [4.78, 5) is 16.0.